The van der Waals surface area contributed by atoms with Crippen LogP contribution in [0, 0.1) is 0 Å². The Bertz CT molecular complexity index is 671. The summed E-state index contributed by atoms with van der Waals surface area (Å²) in [7, 11) is 1.76. The van der Waals surface area contributed by atoms with Crippen LogP contribution in [0.4, 0.5) is 0 Å². The lowest BCUT2D eigenvalue weighted by atomic mass is 9.95. The minimum Gasteiger partial charge on any atom is -0.467 e. The lowest BCUT2D eigenvalue weighted by molar-refractivity contribution is -0.124. The van der Waals surface area contributed by atoms with E-state index in [1.165, 1.54) is 17.6 Å². The molecule has 1 fully saturated rings. The van der Waals surface area contributed by atoms with Crippen LogP contribution in [-0.2, 0) is 4.79 Å². The van der Waals surface area contributed by atoms with Gasteiger partial charge in [-0.25, -0.2) is 5.48 Å². The van der Waals surface area contributed by atoms with E-state index in [-0.39, 0.29) is 18.3 Å². The smallest absolute Gasteiger partial charge is 0.267 e. The Labute approximate surface area is 146 Å². The number of nitrogens with zero attached hydrogens (tertiary/aromatic N) is 1. The van der Waals surface area contributed by atoms with Crippen LogP contribution in [0.1, 0.15) is 28.8 Å². The van der Waals surface area contributed by atoms with Gasteiger partial charge < -0.3 is 15.0 Å². The standard InChI is InChI=1S/C16H19N3O4.ClH/c1-19-15(21)12-10-11(3-5-14(20)18-22)2-4-13(12)23-16(19)6-8-17-9-7-16;/h2-5,10,17,22H,6-9H2,1H3,(H,18,20);1H/b5-3+;. The molecule has 3 N–H and O–H groups in total. The second-order valence-electron chi connectivity index (χ2n) is 5.73. The number of carbonyl (C=O) groups excluding carboxylic acids is 2. The SMILES string of the molecule is CN1C(=O)c2cc(/C=C/C(=O)NO)ccc2OC12CCNCC2.Cl. The maximum Gasteiger partial charge on any atom is 0.267 e. The topological polar surface area (TPSA) is 90.9 Å². The number of nitrogens with one attached hydrogen (secondary N) is 2. The summed E-state index contributed by atoms with van der Waals surface area (Å²) in [5.74, 6) is -0.148. The van der Waals surface area contributed by atoms with Crippen molar-refractivity contribution in [3.63, 3.8) is 0 Å². The van der Waals surface area contributed by atoms with Crippen LogP contribution < -0.4 is 15.5 Å². The molecule has 2 amide bonds. The maximum absolute atomic E-state index is 12.7. The number of ether oxygens (including phenoxy) is 1. The highest BCUT2D eigenvalue weighted by Gasteiger charge is 2.45. The van der Waals surface area contributed by atoms with E-state index in [1.807, 2.05) is 0 Å². The number of benzene rings is 1. The van der Waals surface area contributed by atoms with Crippen molar-refractivity contribution in [3.8, 4) is 5.75 Å². The molecule has 2 aliphatic heterocycles. The third-order valence-corrected chi connectivity index (χ3v) is 4.37. The van der Waals surface area contributed by atoms with E-state index in [4.69, 9.17) is 9.94 Å². The van der Waals surface area contributed by atoms with Gasteiger partial charge in [-0.2, -0.15) is 0 Å². The molecule has 1 aromatic rings. The molecule has 0 radical (unpaired) electrons. The Balaban J connectivity index is 0.00000208. The van der Waals surface area contributed by atoms with E-state index in [1.54, 1.807) is 30.1 Å². The highest BCUT2D eigenvalue weighted by atomic mass is 35.5. The van der Waals surface area contributed by atoms with Crippen LogP contribution in [0.25, 0.3) is 6.08 Å². The van der Waals surface area contributed by atoms with Crippen molar-refractivity contribution in [1.29, 1.82) is 0 Å². The predicted molar refractivity (Wildman–Crippen MR) is 90.2 cm³/mol. The first-order valence-electron chi connectivity index (χ1n) is 7.50. The largest absolute Gasteiger partial charge is 0.467 e. The fourth-order valence-corrected chi connectivity index (χ4v) is 3.01. The summed E-state index contributed by atoms with van der Waals surface area (Å²) < 4.78 is 6.17. The zero-order valence-corrected chi connectivity index (χ0v) is 14.1. The van der Waals surface area contributed by atoms with E-state index in [9.17, 15) is 9.59 Å². The first-order chi connectivity index (χ1) is 11.1. The lowest BCUT2D eigenvalue weighted by Gasteiger charge is -2.47. The van der Waals surface area contributed by atoms with E-state index < -0.39 is 11.6 Å². The van der Waals surface area contributed by atoms with Gasteiger partial charge in [0, 0.05) is 39.1 Å². The molecule has 130 valence electrons. The number of carbonyl (C=O) groups is 2. The minimum absolute atomic E-state index is 0. The van der Waals surface area contributed by atoms with Crippen LogP contribution in [-0.4, -0.2) is 47.8 Å². The molecule has 0 aromatic heterocycles. The second-order valence-corrected chi connectivity index (χ2v) is 5.73. The van der Waals surface area contributed by atoms with Crippen molar-refractivity contribution in [1.82, 2.24) is 15.7 Å². The quantitative estimate of drug-likeness (QED) is 0.422. The molecule has 2 aliphatic rings. The van der Waals surface area contributed by atoms with Gasteiger partial charge in [0.1, 0.15) is 5.75 Å². The molecule has 24 heavy (non-hydrogen) atoms. The molecule has 3 rings (SSSR count). The highest BCUT2D eigenvalue weighted by molar-refractivity contribution is 5.99. The van der Waals surface area contributed by atoms with E-state index in [0.717, 1.165) is 25.9 Å². The third kappa shape index (κ3) is 3.24. The molecule has 0 bridgehead atoms. The summed E-state index contributed by atoms with van der Waals surface area (Å²) >= 11 is 0. The molecule has 0 saturated carbocycles. The Morgan fingerprint density at radius 3 is 2.79 bits per heavy atom. The van der Waals surface area contributed by atoms with Crippen LogP contribution >= 0.6 is 12.4 Å². The van der Waals surface area contributed by atoms with E-state index in [2.05, 4.69) is 5.32 Å². The minimum atomic E-state index is -0.629. The van der Waals surface area contributed by atoms with Gasteiger partial charge in [0.2, 0.25) is 0 Å². The van der Waals surface area contributed by atoms with Gasteiger partial charge in [0.15, 0.2) is 5.72 Å². The number of rotatable bonds is 2. The average Bonchev–Trinajstić information content (AvgIpc) is 2.59. The number of fused-ring (bicyclic) bond motifs is 1. The summed E-state index contributed by atoms with van der Waals surface area (Å²) in [6, 6.07) is 5.21. The normalized spacial score (nSPS) is 18.8. The third-order valence-electron chi connectivity index (χ3n) is 4.37. The first kappa shape index (κ1) is 18.3. The molecular formula is C16H20ClN3O4. The molecule has 0 atom stereocenters. The molecule has 0 aliphatic carbocycles. The number of amides is 2. The molecule has 8 heteroatoms. The van der Waals surface area contributed by atoms with Crippen LogP contribution in [0.3, 0.4) is 0 Å². The zero-order chi connectivity index (χ0) is 16.4. The molecule has 1 aromatic carbocycles. The van der Waals surface area contributed by atoms with Gasteiger partial charge in [-0.15, -0.1) is 12.4 Å². The Morgan fingerprint density at radius 2 is 2.12 bits per heavy atom. The molecule has 1 spiro atoms. The molecule has 1 saturated heterocycles. The summed E-state index contributed by atoms with van der Waals surface area (Å²) in [4.78, 5) is 25.4. The average molecular weight is 354 g/mol. The second kappa shape index (κ2) is 7.21. The van der Waals surface area contributed by atoms with Gasteiger partial charge in [-0.3, -0.25) is 14.8 Å². The number of hydrogen-bond donors (Lipinski definition) is 3. The van der Waals surface area contributed by atoms with Gasteiger partial charge in [0.05, 0.1) is 5.56 Å². The fraction of sp³-hybridized carbons (Fsp3) is 0.375. The Hall–Kier alpha value is -2.09. The van der Waals surface area contributed by atoms with Crippen LogP contribution in [0.5, 0.6) is 5.75 Å². The molecule has 7 nitrogen and oxygen atoms in total. The summed E-state index contributed by atoms with van der Waals surface area (Å²) in [6.45, 7) is 1.62. The number of hydroxylamine groups is 1. The lowest BCUT2D eigenvalue weighted by Crippen LogP contribution is -2.61. The summed E-state index contributed by atoms with van der Waals surface area (Å²) in [5.41, 5.74) is 2.10. The zero-order valence-electron chi connectivity index (χ0n) is 13.2. The monoisotopic (exact) mass is 353 g/mol. The van der Waals surface area contributed by atoms with Crippen molar-refractivity contribution in [2.75, 3.05) is 20.1 Å². The van der Waals surface area contributed by atoms with Crippen LogP contribution in [0.15, 0.2) is 24.3 Å². The molecular weight excluding hydrogens is 334 g/mol. The highest BCUT2D eigenvalue weighted by Crippen LogP contribution is 2.37. The molecule has 0 unspecified atom stereocenters. The van der Waals surface area contributed by atoms with Crippen molar-refractivity contribution < 1.29 is 19.5 Å². The van der Waals surface area contributed by atoms with Crippen molar-refractivity contribution >= 4 is 30.3 Å². The van der Waals surface area contributed by atoms with Crippen LogP contribution in [0.2, 0.25) is 0 Å². The van der Waals surface area contributed by atoms with Crippen molar-refractivity contribution in [2.45, 2.75) is 18.6 Å². The maximum atomic E-state index is 12.7. The number of hydrogen-bond acceptors (Lipinski definition) is 5. The van der Waals surface area contributed by atoms with Gasteiger partial charge in [-0.1, -0.05) is 6.07 Å². The first-order valence-corrected chi connectivity index (χ1v) is 7.50. The van der Waals surface area contributed by atoms with E-state index >= 15 is 0 Å². The van der Waals surface area contributed by atoms with Gasteiger partial charge in [0.25, 0.3) is 11.8 Å². The van der Waals surface area contributed by atoms with Crippen molar-refractivity contribution in [3.05, 3.63) is 35.4 Å². The fourth-order valence-electron chi connectivity index (χ4n) is 3.01. The number of piperidine rings is 1. The number of halogens is 1. The summed E-state index contributed by atoms with van der Waals surface area (Å²) in [5, 5.41) is 11.8. The predicted octanol–water partition coefficient (Wildman–Crippen LogP) is 1.17. The Kier molecular flexibility index (Phi) is 5.48. The van der Waals surface area contributed by atoms with Crippen molar-refractivity contribution in [2.24, 2.45) is 0 Å². The molecule has 2 heterocycles. The summed E-state index contributed by atoms with van der Waals surface area (Å²) in [6.07, 6.45) is 4.20. The van der Waals surface area contributed by atoms with E-state index in [0.29, 0.717) is 16.9 Å². The van der Waals surface area contributed by atoms with Gasteiger partial charge >= 0.3 is 0 Å². The van der Waals surface area contributed by atoms with Gasteiger partial charge in [-0.05, 0) is 23.8 Å². The Morgan fingerprint density at radius 1 is 1.42 bits per heavy atom.